The standard InChI is InChI=1S/C27H32N2O5S/c30-25(31)11-7-2-1-6-10-24-20-12-13-21(18-20)26(24)28-27(32)19-14-16-22(17-15-19)29-35(33,34)23-8-4-3-5-9-23/h1,3-6,8-9,14-17,20-21,24,26,29H,2,7,10-13,18H2,(H,28,32)(H,30,31)/b6-1+/t20-,21+,24-,26-/m0/s1. The van der Waals surface area contributed by atoms with Crippen LogP contribution in [-0.4, -0.2) is 31.4 Å². The number of sulfonamides is 1. The highest BCUT2D eigenvalue weighted by molar-refractivity contribution is 7.92. The molecule has 2 aliphatic rings. The molecule has 0 spiro atoms. The average Bonchev–Trinajstić information content (AvgIpc) is 3.44. The summed E-state index contributed by atoms with van der Waals surface area (Å²) >= 11 is 0. The van der Waals surface area contributed by atoms with Gasteiger partial charge in [-0.25, -0.2) is 8.42 Å². The molecule has 3 N–H and O–H groups in total. The Morgan fingerprint density at radius 3 is 2.40 bits per heavy atom. The van der Waals surface area contributed by atoms with E-state index in [0.29, 0.717) is 35.4 Å². The number of rotatable bonds is 11. The molecule has 2 aliphatic carbocycles. The summed E-state index contributed by atoms with van der Waals surface area (Å²) in [6.45, 7) is 0. The van der Waals surface area contributed by atoms with Crippen molar-refractivity contribution in [1.82, 2.24) is 5.32 Å². The molecule has 8 heteroatoms. The van der Waals surface area contributed by atoms with E-state index in [1.54, 1.807) is 42.5 Å². The minimum Gasteiger partial charge on any atom is -0.481 e. The average molecular weight is 497 g/mol. The van der Waals surface area contributed by atoms with E-state index in [0.717, 1.165) is 25.7 Å². The quantitative estimate of drug-likeness (QED) is 0.305. The summed E-state index contributed by atoms with van der Waals surface area (Å²) in [6, 6.07) is 14.8. The summed E-state index contributed by atoms with van der Waals surface area (Å²) < 4.78 is 27.6. The van der Waals surface area contributed by atoms with Crippen LogP contribution in [-0.2, 0) is 14.8 Å². The van der Waals surface area contributed by atoms with Crippen molar-refractivity contribution in [3.05, 3.63) is 72.3 Å². The van der Waals surface area contributed by atoms with E-state index < -0.39 is 16.0 Å². The number of allylic oxidation sites excluding steroid dienone is 2. The van der Waals surface area contributed by atoms with Gasteiger partial charge in [-0.1, -0.05) is 30.4 Å². The third-order valence-corrected chi connectivity index (χ3v) is 8.57. The molecule has 2 saturated carbocycles. The summed E-state index contributed by atoms with van der Waals surface area (Å²) in [5, 5.41) is 12.0. The Labute approximate surface area is 206 Å². The smallest absolute Gasteiger partial charge is 0.303 e. The van der Waals surface area contributed by atoms with Crippen molar-refractivity contribution in [2.75, 3.05) is 4.72 Å². The number of aliphatic carboxylic acids is 1. The lowest BCUT2D eigenvalue weighted by Crippen LogP contribution is -2.43. The van der Waals surface area contributed by atoms with Gasteiger partial charge in [-0.15, -0.1) is 0 Å². The number of nitrogens with one attached hydrogen (secondary N) is 2. The maximum Gasteiger partial charge on any atom is 0.303 e. The first-order valence-corrected chi connectivity index (χ1v) is 13.7. The Kier molecular flexibility index (Phi) is 7.90. The number of carboxylic acid groups (broad SMARTS) is 1. The fourth-order valence-electron chi connectivity index (χ4n) is 5.45. The number of carboxylic acids is 1. The molecule has 0 aromatic heterocycles. The van der Waals surface area contributed by atoms with E-state index in [4.69, 9.17) is 5.11 Å². The second kappa shape index (κ2) is 11.1. The van der Waals surface area contributed by atoms with Crippen molar-refractivity contribution in [1.29, 1.82) is 0 Å². The van der Waals surface area contributed by atoms with Gasteiger partial charge < -0.3 is 10.4 Å². The molecule has 0 saturated heterocycles. The molecule has 186 valence electrons. The highest BCUT2D eigenvalue weighted by Gasteiger charge is 2.47. The van der Waals surface area contributed by atoms with Gasteiger partial charge in [0.15, 0.2) is 0 Å². The number of hydrogen-bond acceptors (Lipinski definition) is 4. The van der Waals surface area contributed by atoms with Gasteiger partial charge in [0, 0.05) is 23.7 Å². The van der Waals surface area contributed by atoms with Crippen LogP contribution in [0.4, 0.5) is 5.69 Å². The van der Waals surface area contributed by atoms with Crippen molar-refractivity contribution in [2.45, 2.75) is 55.9 Å². The summed E-state index contributed by atoms with van der Waals surface area (Å²) in [4.78, 5) is 23.8. The summed E-state index contributed by atoms with van der Waals surface area (Å²) in [5.74, 6) is 0.590. The van der Waals surface area contributed by atoms with Crippen molar-refractivity contribution in [3.63, 3.8) is 0 Å². The van der Waals surface area contributed by atoms with Crippen molar-refractivity contribution in [3.8, 4) is 0 Å². The zero-order valence-corrected chi connectivity index (χ0v) is 20.4. The molecule has 0 heterocycles. The van der Waals surface area contributed by atoms with Crippen LogP contribution in [0.25, 0.3) is 0 Å². The SMILES string of the molecule is O=C(O)CCC/C=C/C[C@H]1[C@H]2CC[C@H](C2)[C@@H]1NC(=O)c1ccc(NS(=O)(=O)c2ccccc2)cc1. The van der Waals surface area contributed by atoms with Crippen LogP contribution in [0.1, 0.15) is 55.3 Å². The number of benzene rings is 2. The lowest BCUT2D eigenvalue weighted by atomic mass is 9.82. The molecule has 2 aromatic rings. The van der Waals surface area contributed by atoms with Gasteiger partial charge in [0.2, 0.25) is 0 Å². The number of carbonyl (C=O) groups is 2. The Morgan fingerprint density at radius 2 is 1.69 bits per heavy atom. The van der Waals surface area contributed by atoms with Crippen molar-refractivity contribution < 1.29 is 23.1 Å². The summed E-state index contributed by atoms with van der Waals surface area (Å²) in [7, 11) is -3.68. The molecule has 7 nitrogen and oxygen atoms in total. The molecule has 1 amide bonds. The Bertz CT molecular complexity index is 1160. The topological polar surface area (TPSA) is 113 Å². The van der Waals surface area contributed by atoms with Crippen LogP contribution in [0.15, 0.2) is 71.6 Å². The number of amides is 1. The first kappa shape index (κ1) is 25.0. The second-order valence-electron chi connectivity index (χ2n) is 9.49. The first-order chi connectivity index (χ1) is 16.8. The van der Waals surface area contributed by atoms with Gasteiger partial charge >= 0.3 is 5.97 Å². The normalized spacial score (nSPS) is 23.4. The monoisotopic (exact) mass is 496 g/mol. The zero-order chi connectivity index (χ0) is 24.8. The van der Waals surface area contributed by atoms with Crippen LogP contribution in [0.5, 0.6) is 0 Å². The third-order valence-electron chi connectivity index (χ3n) is 7.18. The molecular weight excluding hydrogens is 464 g/mol. The van der Waals surface area contributed by atoms with Gasteiger partial charge in [0.25, 0.3) is 15.9 Å². The maximum atomic E-state index is 13.0. The van der Waals surface area contributed by atoms with Gasteiger partial charge in [0.05, 0.1) is 4.90 Å². The number of carbonyl (C=O) groups excluding carboxylic acids is 1. The molecule has 4 rings (SSSR count). The minimum absolute atomic E-state index is 0.126. The largest absolute Gasteiger partial charge is 0.481 e. The van der Waals surface area contributed by atoms with Gasteiger partial charge in [0.1, 0.15) is 0 Å². The van der Waals surface area contributed by atoms with Crippen molar-refractivity contribution in [2.24, 2.45) is 17.8 Å². The minimum atomic E-state index is -3.68. The Balaban J connectivity index is 1.34. The van der Waals surface area contributed by atoms with Crippen molar-refractivity contribution >= 4 is 27.6 Å². The highest BCUT2D eigenvalue weighted by Crippen LogP contribution is 2.50. The van der Waals surface area contributed by atoms with E-state index >= 15 is 0 Å². The predicted molar refractivity (Wildman–Crippen MR) is 135 cm³/mol. The molecule has 0 radical (unpaired) electrons. The van der Waals surface area contributed by atoms with Crippen LogP contribution < -0.4 is 10.0 Å². The van der Waals surface area contributed by atoms with Gasteiger partial charge in [-0.05, 0) is 92.7 Å². The first-order valence-electron chi connectivity index (χ1n) is 12.2. The summed E-state index contributed by atoms with van der Waals surface area (Å²) in [5.41, 5.74) is 0.898. The Hall–Kier alpha value is -3.13. The molecule has 4 atom stereocenters. The van der Waals surface area contributed by atoms with E-state index in [-0.39, 0.29) is 23.3 Å². The fourth-order valence-corrected chi connectivity index (χ4v) is 6.53. The van der Waals surface area contributed by atoms with Crippen LogP contribution >= 0.6 is 0 Å². The molecule has 2 aromatic carbocycles. The molecular formula is C27H32N2O5S. The predicted octanol–water partition coefficient (Wildman–Crippen LogP) is 4.83. The Morgan fingerprint density at radius 1 is 0.971 bits per heavy atom. The second-order valence-corrected chi connectivity index (χ2v) is 11.2. The maximum absolute atomic E-state index is 13.0. The molecule has 2 fully saturated rings. The highest BCUT2D eigenvalue weighted by atomic mass is 32.2. The van der Waals surface area contributed by atoms with Gasteiger partial charge in [-0.2, -0.15) is 0 Å². The van der Waals surface area contributed by atoms with Crippen LogP contribution in [0.3, 0.4) is 0 Å². The number of fused-ring (bicyclic) bond motifs is 2. The number of anilines is 1. The third kappa shape index (κ3) is 6.31. The number of unbranched alkanes of at least 4 members (excludes halogenated alkanes) is 1. The van der Waals surface area contributed by atoms with Gasteiger partial charge in [-0.3, -0.25) is 14.3 Å². The van der Waals surface area contributed by atoms with E-state index in [1.165, 1.54) is 18.6 Å². The molecule has 35 heavy (non-hydrogen) atoms. The molecule has 2 bridgehead atoms. The summed E-state index contributed by atoms with van der Waals surface area (Å²) in [6.07, 6.45) is 10.1. The fraction of sp³-hybridized carbons (Fsp3) is 0.407. The lowest BCUT2D eigenvalue weighted by Gasteiger charge is -2.31. The lowest BCUT2D eigenvalue weighted by molar-refractivity contribution is -0.137. The van der Waals surface area contributed by atoms with E-state index in [2.05, 4.69) is 22.2 Å². The van der Waals surface area contributed by atoms with Crippen LogP contribution in [0.2, 0.25) is 0 Å². The molecule has 0 aliphatic heterocycles. The van der Waals surface area contributed by atoms with E-state index in [1.807, 2.05) is 0 Å². The number of hydrogen-bond donors (Lipinski definition) is 3. The van der Waals surface area contributed by atoms with Crippen LogP contribution in [0, 0.1) is 17.8 Å². The molecule has 0 unspecified atom stereocenters. The van der Waals surface area contributed by atoms with E-state index in [9.17, 15) is 18.0 Å². The zero-order valence-electron chi connectivity index (χ0n) is 19.6.